The molecule has 0 saturated carbocycles. The van der Waals surface area contributed by atoms with Crippen LogP contribution in [0.2, 0.25) is 0 Å². The Kier molecular flexibility index (Phi) is 3.16. The van der Waals surface area contributed by atoms with E-state index in [2.05, 4.69) is 0 Å². The van der Waals surface area contributed by atoms with Gasteiger partial charge in [-0.3, -0.25) is 4.79 Å². The zero-order chi connectivity index (χ0) is 11.6. The second kappa shape index (κ2) is 4.18. The van der Waals surface area contributed by atoms with Crippen molar-refractivity contribution in [2.24, 2.45) is 11.6 Å². The van der Waals surface area contributed by atoms with E-state index in [-0.39, 0.29) is 6.04 Å². The van der Waals surface area contributed by atoms with Crippen molar-refractivity contribution >= 4 is 17.3 Å². The summed E-state index contributed by atoms with van der Waals surface area (Å²) in [4.78, 5) is 11.0. The molecule has 0 unspecified atom stereocenters. The summed E-state index contributed by atoms with van der Waals surface area (Å²) < 4.78 is 0. The highest BCUT2D eigenvalue weighted by atomic mass is 16.1. The van der Waals surface area contributed by atoms with E-state index >= 15 is 0 Å². The Hall–Kier alpha value is -1.75. The first kappa shape index (κ1) is 11.3. The van der Waals surface area contributed by atoms with Crippen LogP contribution in [0.5, 0.6) is 0 Å². The Labute approximate surface area is 88.8 Å². The maximum absolute atomic E-state index is 11.0. The normalized spacial score (nSPS) is 10.4. The molecule has 0 atom stereocenters. The minimum absolute atomic E-state index is 0.0930. The standard InChI is InChI=1S/C10H16N4O/c1-6(2)14(13)9-5-7(10(12)15)3-4-8(9)11/h3-6H,11,13H2,1-2H3,(H2,12,15). The lowest BCUT2D eigenvalue weighted by Gasteiger charge is -2.24. The maximum atomic E-state index is 11.0. The number of amides is 1. The molecular formula is C10H16N4O. The monoisotopic (exact) mass is 208 g/mol. The van der Waals surface area contributed by atoms with Crippen LogP contribution in [-0.4, -0.2) is 11.9 Å². The van der Waals surface area contributed by atoms with Gasteiger partial charge in [-0.15, -0.1) is 0 Å². The van der Waals surface area contributed by atoms with Crippen LogP contribution in [-0.2, 0) is 0 Å². The topological polar surface area (TPSA) is 98.4 Å². The van der Waals surface area contributed by atoms with Gasteiger partial charge >= 0.3 is 0 Å². The Balaban J connectivity index is 3.16. The van der Waals surface area contributed by atoms with Gasteiger partial charge in [0.05, 0.1) is 11.4 Å². The minimum Gasteiger partial charge on any atom is -0.397 e. The summed E-state index contributed by atoms with van der Waals surface area (Å²) >= 11 is 0. The first-order valence-corrected chi connectivity index (χ1v) is 4.66. The van der Waals surface area contributed by atoms with Crippen LogP contribution in [0.15, 0.2) is 18.2 Å². The number of nitrogen functional groups attached to an aromatic ring is 1. The second-order valence-electron chi connectivity index (χ2n) is 3.64. The number of hydrazine groups is 1. The third-order valence-electron chi connectivity index (χ3n) is 2.15. The number of hydrogen-bond donors (Lipinski definition) is 3. The van der Waals surface area contributed by atoms with Gasteiger partial charge in [-0.25, -0.2) is 5.84 Å². The van der Waals surface area contributed by atoms with Gasteiger partial charge in [-0.05, 0) is 32.0 Å². The molecule has 0 aromatic heterocycles. The Morgan fingerprint density at radius 3 is 2.47 bits per heavy atom. The fourth-order valence-electron chi connectivity index (χ4n) is 1.20. The summed E-state index contributed by atoms with van der Waals surface area (Å²) in [6.45, 7) is 3.85. The fourth-order valence-corrected chi connectivity index (χ4v) is 1.20. The molecule has 0 aliphatic rings. The molecule has 0 heterocycles. The Morgan fingerprint density at radius 2 is 2.00 bits per heavy atom. The summed E-state index contributed by atoms with van der Waals surface area (Å²) in [5, 5.41) is 1.50. The smallest absolute Gasteiger partial charge is 0.248 e. The number of anilines is 2. The summed E-state index contributed by atoms with van der Waals surface area (Å²) in [5.41, 5.74) is 12.5. The van der Waals surface area contributed by atoms with E-state index in [9.17, 15) is 4.79 Å². The molecule has 1 rings (SSSR count). The lowest BCUT2D eigenvalue weighted by Crippen LogP contribution is -2.38. The number of nitrogens with zero attached hydrogens (tertiary/aromatic N) is 1. The van der Waals surface area contributed by atoms with Gasteiger partial charge in [0.1, 0.15) is 0 Å². The van der Waals surface area contributed by atoms with Crippen LogP contribution >= 0.6 is 0 Å². The molecule has 1 aromatic carbocycles. The van der Waals surface area contributed by atoms with Gasteiger partial charge in [-0.1, -0.05) is 0 Å². The first-order chi connectivity index (χ1) is 6.93. The first-order valence-electron chi connectivity index (χ1n) is 4.66. The number of rotatable bonds is 3. The molecule has 6 N–H and O–H groups in total. The number of primary amides is 1. The van der Waals surface area contributed by atoms with Crippen molar-refractivity contribution in [1.82, 2.24) is 0 Å². The fraction of sp³-hybridized carbons (Fsp3) is 0.300. The molecule has 0 aliphatic carbocycles. The van der Waals surface area contributed by atoms with Crippen LogP contribution in [0, 0.1) is 0 Å². The van der Waals surface area contributed by atoms with Crippen LogP contribution in [0.3, 0.4) is 0 Å². The minimum atomic E-state index is -0.492. The van der Waals surface area contributed by atoms with Crippen molar-refractivity contribution in [3.63, 3.8) is 0 Å². The SMILES string of the molecule is CC(C)N(N)c1cc(C(N)=O)ccc1N. The van der Waals surface area contributed by atoms with E-state index in [1.54, 1.807) is 18.2 Å². The van der Waals surface area contributed by atoms with E-state index in [0.29, 0.717) is 16.9 Å². The zero-order valence-corrected chi connectivity index (χ0v) is 8.90. The van der Waals surface area contributed by atoms with Gasteiger partial charge in [0, 0.05) is 11.6 Å². The van der Waals surface area contributed by atoms with Gasteiger partial charge < -0.3 is 16.5 Å². The number of carbonyl (C=O) groups excluding carboxylic acids is 1. The van der Waals surface area contributed by atoms with Gasteiger partial charge in [0.25, 0.3) is 0 Å². The molecule has 5 nitrogen and oxygen atoms in total. The molecule has 0 fully saturated rings. The highest BCUT2D eigenvalue weighted by molar-refractivity contribution is 5.95. The van der Waals surface area contributed by atoms with Crippen LogP contribution in [0.25, 0.3) is 0 Å². The molecule has 0 saturated heterocycles. The lowest BCUT2D eigenvalue weighted by atomic mass is 10.1. The highest BCUT2D eigenvalue weighted by Gasteiger charge is 2.11. The van der Waals surface area contributed by atoms with Crippen molar-refractivity contribution in [3.8, 4) is 0 Å². The molecule has 0 radical (unpaired) electrons. The van der Waals surface area contributed by atoms with Gasteiger partial charge in [0.2, 0.25) is 5.91 Å². The molecule has 15 heavy (non-hydrogen) atoms. The second-order valence-corrected chi connectivity index (χ2v) is 3.64. The van der Waals surface area contributed by atoms with Crippen molar-refractivity contribution in [3.05, 3.63) is 23.8 Å². The Bertz CT molecular complexity index is 376. The average molecular weight is 208 g/mol. The number of nitrogens with two attached hydrogens (primary N) is 3. The molecule has 82 valence electrons. The largest absolute Gasteiger partial charge is 0.397 e. The van der Waals surface area contributed by atoms with Crippen LogP contribution < -0.4 is 22.3 Å². The predicted octanol–water partition coefficient (Wildman–Crippen LogP) is 0.456. The molecule has 1 aromatic rings. The van der Waals surface area contributed by atoms with Crippen LogP contribution in [0.1, 0.15) is 24.2 Å². The molecule has 0 aliphatic heterocycles. The van der Waals surface area contributed by atoms with Crippen molar-refractivity contribution in [2.75, 3.05) is 10.7 Å². The summed E-state index contributed by atoms with van der Waals surface area (Å²) in [7, 11) is 0. The van der Waals surface area contributed by atoms with Gasteiger partial charge in [0.15, 0.2) is 0 Å². The van der Waals surface area contributed by atoms with E-state index in [4.69, 9.17) is 17.3 Å². The quantitative estimate of drug-likeness (QED) is 0.381. The lowest BCUT2D eigenvalue weighted by molar-refractivity contribution is 0.100. The van der Waals surface area contributed by atoms with E-state index in [0.717, 1.165) is 0 Å². The third kappa shape index (κ3) is 2.38. The van der Waals surface area contributed by atoms with Gasteiger partial charge in [-0.2, -0.15) is 0 Å². The summed E-state index contributed by atoms with van der Waals surface area (Å²) in [5.74, 6) is 5.32. The zero-order valence-electron chi connectivity index (χ0n) is 8.90. The maximum Gasteiger partial charge on any atom is 0.248 e. The summed E-state index contributed by atoms with van der Waals surface area (Å²) in [6.07, 6.45) is 0. The van der Waals surface area contributed by atoms with E-state index in [1.807, 2.05) is 13.8 Å². The number of benzene rings is 1. The number of hydrogen-bond acceptors (Lipinski definition) is 4. The van der Waals surface area contributed by atoms with Crippen molar-refractivity contribution < 1.29 is 4.79 Å². The van der Waals surface area contributed by atoms with Crippen molar-refractivity contribution in [1.29, 1.82) is 0 Å². The molecule has 1 amide bonds. The van der Waals surface area contributed by atoms with Crippen molar-refractivity contribution in [2.45, 2.75) is 19.9 Å². The highest BCUT2D eigenvalue weighted by Crippen LogP contribution is 2.23. The number of carbonyl (C=O) groups is 1. The third-order valence-corrected chi connectivity index (χ3v) is 2.15. The molecule has 5 heteroatoms. The Morgan fingerprint density at radius 1 is 1.40 bits per heavy atom. The average Bonchev–Trinajstić information content (AvgIpc) is 2.16. The summed E-state index contributed by atoms with van der Waals surface area (Å²) in [6, 6.07) is 4.89. The van der Waals surface area contributed by atoms with E-state index < -0.39 is 5.91 Å². The van der Waals surface area contributed by atoms with Crippen LogP contribution in [0.4, 0.5) is 11.4 Å². The predicted molar refractivity (Wildman–Crippen MR) is 61.2 cm³/mol. The molecular weight excluding hydrogens is 192 g/mol. The van der Waals surface area contributed by atoms with E-state index in [1.165, 1.54) is 5.01 Å². The molecule has 0 spiro atoms. The molecule has 0 bridgehead atoms.